The van der Waals surface area contributed by atoms with Crippen molar-refractivity contribution in [3.05, 3.63) is 30.1 Å². The lowest BCUT2D eigenvalue weighted by Crippen LogP contribution is -2.18. The molecular formula is C9H9FN2S. The van der Waals surface area contributed by atoms with Crippen molar-refractivity contribution in [2.75, 3.05) is 18.4 Å². The minimum atomic E-state index is -0.272. The summed E-state index contributed by atoms with van der Waals surface area (Å²) >= 11 is 5.03. The standard InChI is InChI=1S/C9H9FN2S/c10-7-3-1-2-4-8(7)11-9(13)12-5-6-12/h1-4H,5-6H2,(H,11,13). The highest BCUT2D eigenvalue weighted by atomic mass is 32.1. The lowest BCUT2D eigenvalue weighted by Gasteiger charge is -2.08. The van der Waals surface area contributed by atoms with Gasteiger partial charge >= 0.3 is 0 Å². The number of nitrogens with one attached hydrogen (secondary N) is 1. The van der Waals surface area contributed by atoms with Gasteiger partial charge in [0.1, 0.15) is 5.82 Å². The maximum atomic E-state index is 13.1. The van der Waals surface area contributed by atoms with Crippen molar-refractivity contribution in [1.29, 1.82) is 0 Å². The molecule has 0 spiro atoms. The van der Waals surface area contributed by atoms with Crippen LogP contribution in [0.15, 0.2) is 24.3 Å². The van der Waals surface area contributed by atoms with Crippen molar-refractivity contribution in [1.82, 2.24) is 4.90 Å². The number of halogens is 1. The zero-order valence-electron chi connectivity index (χ0n) is 6.96. The molecule has 4 heteroatoms. The second kappa shape index (κ2) is 3.30. The Labute approximate surface area is 81.4 Å². The molecule has 1 aromatic carbocycles. The second-order valence-corrected chi connectivity index (χ2v) is 3.28. The van der Waals surface area contributed by atoms with Gasteiger partial charge in [-0.1, -0.05) is 12.1 Å². The van der Waals surface area contributed by atoms with Gasteiger partial charge in [-0.05, 0) is 24.4 Å². The van der Waals surface area contributed by atoms with Crippen molar-refractivity contribution >= 4 is 23.0 Å². The topological polar surface area (TPSA) is 15.0 Å². The van der Waals surface area contributed by atoms with E-state index in [0.717, 1.165) is 13.1 Å². The van der Waals surface area contributed by atoms with Crippen molar-refractivity contribution in [2.24, 2.45) is 0 Å². The van der Waals surface area contributed by atoms with E-state index in [1.807, 2.05) is 4.90 Å². The van der Waals surface area contributed by atoms with Gasteiger partial charge < -0.3 is 10.2 Å². The van der Waals surface area contributed by atoms with Gasteiger partial charge in [-0.15, -0.1) is 0 Å². The maximum Gasteiger partial charge on any atom is 0.173 e. The molecule has 2 rings (SSSR count). The molecule has 1 N–H and O–H groups in total. The molecule has 1 heterocycles. The first-order valence-electron chi connectivity index (χ1n) is 4.08. The van der Waals surface area contributed by atoms with Crippen LogP contribution in [0.2, 0.25) is 0 Å². The number of nitrogens with zero attached hydrogens (tertiary/aromatic N) is 1. The summed E-state index contributed by atoms with van der Waals surface area (Å²) < 4.78 is 13.1. The third-order valence-corrected chi connectivity index (χ3v) is 2.21. The molecule has 0 unspecified atom stereocenters. The van der Waals surface area contributed by atoms with E-state index in [-0.39, 0.29) is 5.82 Å². The predicted octanol–water partition coefficient (Wildman–Crippen LogP) is 1.84. The zero-order valence-corrected chi connectivity index (χ0v) is 7.77. The highest BCUT2D eigenvalue weighted by Gasteiger charge is 2.20. The van der Waals surface area contributed by atoms with Crippen molar-refractivity contribution < 1.29 is 4.39 Å². The summed E-state index contributed by atoms with van der Waals surface area (Å²) in [6, 6.07) is 6.51. The molecule has 0 saturated carbocycles. The average molecular weight is 196 g/mol. The molecule has 0 atom stereocenters. The van der Waals surface area contributed by atoms with E-state index >= 15 is 0 Å². The number of rotatable bonds is 1. The Hall–Kier alpha value is -1.16. The molecule has 0 amide bonds. The van der Waals surface area contributed by atoms with Crippen molar-refractivity contribution in [3.63, 3.8) is 0 Å². The molecule has 1 aromatic rings. The van der Waals surface area contributed by atoms with E-state index in [9.17, 15) is 4.39 Å². The van der Waals surface area contributed by atoms with Gasteiger partial charge in [-0.25, -0.2) is 4.39 Å². The summed E-state index contributed by atoms with van der Waals surface area (Å²) in [4.78, 5) is 1.96. The molecule has 0 bridgehead atoms. The molecule has 0 aromatic heterocycles. The lowest BCUT2D eigenvalue weighted by molar-refractivity contribution is 0.632. The average Bonchev–Trinajstić information content (AvgIpc) is 2.91. The summed E-state index contributed by atoms with van der Waals surface area (Å²) in [7, 11) is 0. The van der Waals surface area contributed by atoms with E-state index in [4.69, 9.17) is 12.2 Å². The molecular weight excluding hydrogens is 187 g/mol. The van der Waals surface area contributed by atoms with Crippen LogP contribution in [0.1, 0.15) is 0 Å². The highest BCUT2D eigenvalue weighted by Crippen LogP contribution is 2.15. The van der Waals surface area contributed by atoms with E-state index in [1.165, 1.54) is 6.07 Å². The Morgan fingerprint density at radius 3 is 2.69 bits per heavy atom. The Morgan fingerprint density at radius 2 is 2.08 bits per heavy atom. The van der Waals surface area contributed by atoms with Crippen LogP contribution in [0.4, 0.5) is 10.1 Å². The van der Waals surface area contributed by atoms with Gasteiger partial charge in [-0.3, -0.25) is 0 Å². The van der Waals surface area contributed by atoms with E-state index in [0.29, 0.717) is 10.8 Å². The molecule has 68 valence electrons. The Kier molecular flexibility index (Phi) is 2.14. The first-order valence-corrected chi connectivity index (χ1v) is 4.48. The van der Waals surface area contributed by atoms with Crippen LogP contribution in [0.25, 0.3) is 0 Å². The summed E-state index contributed by atoms with van der Waals surface area (Å²) in [6.07, 6.45) is 0. The highest BCUT2D eigenvalue weighted by molar-refractivity contribution is 7.80. The maximum absolute atomic E-state index is 13.1. The van der Waals surface area contributed by atoms with Crippen LogP contribution in [0.5, 0.6) is 0 Å². The quantitative estimate of drug-likeness (QED) is 0.545. The van der Waals surface area contributed by atoms with Crippen LogP contribution >= 0.6 is 12.2 Å². The Balaban J connectivity index is 2.08. The number of anilines is 1. The number of para-hydroxylation sites is 1. The smallest absolute Gasteiger partial charge is 0.173 e. The molecule has 2 nitrogen and oxygen atoms in total. The normalized spacial score (nSPS) is 14.1. The van der Waals surface area contributed by atoms with Gasteiger partial charge in [0.15, 0.2) is 5.11 Å². The summed E-state index contributed by atoms with van der Waals surface area (Å²) in [5, 5.41) is 3.46. The molecule has 1 aliphatic heterocycles. The number of benzene rings is 1. The van der Waals surface area contributed by atoms with Gasteiger partial charge in [0.25, 0.3) is 0 Å². The summed E-state index contributed by atoms with van der Waals surface area (Å²) in [6.45, 7) is 1.95. The fourth-order valence-electron chi connectivity index (χ4n) is 1.01. The van der Waals surface area contributed by atoms with Gasteiger partial charge in [0, 0.05) is 13.1 Å². The van der Waals surface area contributed by atoms with Crippen LogP contribution in [0, 0.1) is 5.82 Å². The van der Waals surface area contributed by atoms with E-state index in [1.54, 1.807) is 18.2 Å². The van der Waals surface area contributed by atoms with E-state index in [2.05, 4.69) is 5.32 Å². The van der Waals surface area contributed by atoms with E-state index < -0.39 is 0 Å². The zero-order chi connectivity index (χ0) is 9.26. The first-order chi connectivity index (χ1) is 6.27. The number of hydrogen-bond donors (Lipinski definition) is 1. The first kappa shape index (κ1) is 8.44. The monoisotopic (exact) mass is 196 g/mol. The molecule has 0 aliphatic carbocycles. The van der Waals surface area contributed by atoms with Gasteiger partial charge in [0.05, 0.1) is 5.69 Å². The minimum absolute atomic E-state index is 0.272. The SMILES string of the molecule is Fc1ccccc1NC(=S)N1CC1. The Bertz CT molecular complexity index is 336. The fraction of sp³-hybridized carbons (Fsp3) is 0.222. The molecule has 1 fully saturated rings. The lowest BCUT2D eigenvalue weighted by atomic mass is 10.3. The van der Waals surface area contributed by atoms with Crippen molar-refractivity contribution in [3.8, 4) is 0 Å². The summed E-state index contributed by atoms with van der Waals surface area (Å²) in [5.41, 5.74) is 0.444. The number of thiocarbonyl (C=S) groups is 1. The number of hydrogen-bond acceptors (Lipinski definition) is 1. The van der Waals surface area contributed by atoms with Crippen molar-refractivity contribution in [2.45, 2.75) is 0 Å². The largest absolute Gasteiger partial charge is 0.345 e. The molecule has 1 aliphatic rings. The third-order valence-electron chi connectivity index (χ3n) is 1.85. The van der Waals surface area contributed by atoms with Gasteiger partial charge in [0.2, 0.25) is 0 Å². The predicted molar refractivity (Wildman–Crippen MR) is 54.2 cm³/mol. The summed E-state index contributed by atoms with van der Waals surface area (Å²) in [5.74, 6) is -0.272. The van der Waals surface area contributed by atoms with Crippen LogP contribution in [-0.2, 0) is 0 Å². The molecule has 13 heavy (non-hydrogen) atoms. The minimum Gasteiger partial charge on any atom is -0.345 e. The molecule has 0 radical (unpaired) electrons. The Morgan fingerprint density at radius 1 is 1.38 bits per heavy atom. The van der Waals surface area contributed by atoms with Crippen LogP contribution < -0.4 is 5.32 Å². The van der Waals surface area contributed by atoms with Crippen LogP contribution in [-0.4, -0.2) is 23.1 Å². The third kappa shape index (κ3) is 1.95. The molecule has 1 saturated heterocycles. The fourth-order valence-corrected chi connectivity index (χ4v) is 1.30. The second-order valence-electron chi connectivity index (χ2n) is 2.90. The van der Waals surface area contributed by atoms with Gasteiger partial charge in [-0.2, -0.15) is 0 Å². The van der Waals surface area contributed by atoms with Crippen LogP contribution in [0.3, 0.4) is 0 Å².